The molecule has 0 bridgehead atoms. The number of sulfonamides is 1. The summed E-state index contributed by atoms with van der Waals surface area (Å²) in [5, 5.41) is 9.00. The minimum Gasteiger partial charge on any atom is -0.386 e. The van der Waals surface area contributed by atoms with Gasteiger partial charge in [0.2, 0.25) is 10.0 Å². The van der Waals surface area contributed by atoms with Crippen LogP contribution in [0.25, 0.3) is 0 Å². The maximum absolute atomic E-state index is 12.0. The van der Waals surface area contributed by atoms with Gasteiger partial charge in [0.15, 0.2) is 0 Å². The number of hydrogen-bond acceptors (Lipinski definition) is 3. The molecular weight excluding hydrogens is 276 g/mol. The van der Waals surface area contributed by atoms with E-state index in [1.165, 1.54) is 24.3 Å². The van der Waals surface area contributed by atoms with E-state index in [2.05, 4.69) is 0 Å². The Morgan fingerprint density at radius 3 is 2.59 bits per heavy atom. The summed E-state index contributed by atoms with van der Waals surface area (Å²) in [5.74, 6) is 0. The Kier molecular flexibility index (Phi) is 4.81. The second-order valence-corrected chi connectivity index (χ2v) is 5.41. The van der Waals surface area contributed by atoms with Crippen LogP contribution in [-0.2, 0) is 10.0 Å². The normalized spacial score (nSPS) is 13.9. The van der Waals surface area contributed by atoms with E-state index in [1.807, 2.05) is 4.72 Å². The van der Waals surface area contributed by atoms with Crippen molar-refractivity contribution in [2.45, 2.75) is 17.4 Å². The molecule has 4 nitrogen and oxygen atoms in total. The molecule has 0 saturated heterocycles. The van der Waals surface area contributed by atoms with Crippen molar-refractivity contribution in [3.63, 3.8) is 0 Å². The van der Waals surface area contributed by atoms with Gasteiger partial charge in [0.25, 0.3) is 6.43 Å². The van der Waals surface area contributed by atoms with E-state index < -0.39 is 29.1 Å². The minimum absolute atomic E-state index is 0.147. The van der Waals surface area contributed by atoms with Crippen LogP contribution < -0.4 is 4.72 Å². The number of alkyl halides is 2. The van der Waals surface area contributed by atoms with Gasteiger partial charge in [0.1, 0.15) is 6.10 Å². The zero-order valence-corrected chi connectivity index (χ0v) is 10.0. The molecule has 0 radical (unpaired) electrons. The third kappa shape index (κ3) is 4.19. The maximum atomic E-state index is 12.0. The second kappa shape index (κ2) is 5.72. The van der Waals surface area contributed by atoms with E-state index in [4.69, 9.17) is 16.7 Å². The summed E-state index contributed by atoms with van der Waals surface area (Å²) in [6.45, 7) is -0.757. The van der Waals surface area contributed by atoms with Crippen LogP contribution >= 0.6 is 11.6 Å². The number of nitrogens with one attached hydrogen (secondary N) is 1. The lowest BCUT2D eigenvalue weighted by Crippen LogP contribution is -2.35. The molecule has 0 amide bonds. The number of aliphatic hydroxyl groups excluding tert-OH is 1. The average molecular weight is 286 g/mol. The van der Waals surface area contributed by atoms with Crippen molar-refractivity contribution in [2.24, 2.45) is 0 Å². The fourth-order valence-corrected chi connectivity index (χ4v) is 2.35. The van der Waals surface area contributed by atoms with Gasteiger partial charge in [0.05, 0.1) is 4.90 Å². The SMILES string of the molecule is O=S(=O)(NCC(O)C(F)F)c1cccc(Cl)c1. The summed E-state index contributed by atoms with van der Waals surface area (Å²) < 4.78 is 49.0. The molecule has 1 rings (SSSR count). The van der Waals surface area contributed by atoms with Gasteiger partial charge in [-0.3, -0.25) is 0 Å². The summed E-state index contributed by atoms with van der Waals surface area (Å²) >= 11 is 5.60. The van der Waals surface area contributed by atoms with Crippen molar-refractivity contribution in [1.82, 2.24) is 4.72 Å². The Labute approximate surface area is 102 Å². The molecule has 2 N–H and O–H groups in total. The first kappa shape index (κ1) is 14.3. The van der Waals surface area contributed by atoms with E-state index in [0.29, 0.717) is 0 Å². The number of rotatable bonds is 5. The fourth-order valence-electron chi connectivity index (χ4n) is 1.00. The number of benzene rings is 1. The molecule has 96 valence electrons. The molecule has 0 fully saturated rings. The van der Waals surface area contributed by atoms with E-state index in [1.54, 1.807) is 0 Å². The van der Waals surface area contributed by atoms with Crippen LogP contribution in [0.1, 0.15) is 0 Å². The highest BCUT2D eigenvalue weighted by atomic mass is 35.5. The molecule has 0 saturated carbocycles. The molecule has 0 spiro atoms. The highest BCUT2D eigenvalue weighted by Gasteiger charge is 2.21. The Morgan fingerprint density at radius 1 is 1.41 bits per heavy atom. The Morgan fingerprint density at radius 2 is 2.06 bits per heavy atom. The number of hydrogen-bond donors (Lipinski definition) is 2. The van der Waals surface area contributed by atoms with Crippen molar-refractivity contribution in [2.75, 3.05) is 6.54 Å². The van der Waals surface area contributed by atoms with Crippen LogP contribution in [0.4, 0.5) is 8.78 Å². The average Bonchev–Trinajstić information content (AvgIpc) is 2.26. The monoisotopic (exact) mass is 285 g/mol. The van der Waals surface area contributed by atoms with Gasteiger partial charge >= 0.3 is 0 Å². The first-order chi connectivity index (χ1) is 7.83. The largest absolute Gasteiger partial charge is 0.386 e. The topological polar surface area (TPSA) is 66.4 Å². The zero-order chi connectivity index (χ0) is 13.1. The quantitative estimate of drug-likeness (QED) is 0.855. The van der Waals surface area contributed by atoms with Gasteiger partial charge in [-0.15, -0.1) is 0 Å². The van der Waals surface area contributed by atoms with Gasteiger partial charge in [-0.1, -0.05) is 17.7 Å². The van der Waals surface area contributed by atoms with Crippen LogP contribution in [-0.4, -0.2) is 32.6 Å². The van der Waals surface area contributed by atoms with Crippen molar-refractivity contribution in [3.05, 3.63) is 29.3 Å². The maximum Gasteiger partial charge on any atom is 0.265 e. The van der Waals surface area contributed by atoms with Crippen molar-refractivity contribution in [1.29, 1.82) is 0 Å². The van der Waals surface area contributed by atoms with Crippen molar-refractivity contribution < 1.29 is 22.3 Å². The molecule has 0 aliphatic heterocycles. The number of aliphatic hydroxyl groups is 1. The highest BCUT2D eigenvalue weighted by Crippen LogP contribution is 2.15. The standard InChI is InChI=1S/C9H10ClF2NO3S/c10-6-2-1-3-7(4-6)17(15,16)13-5-8(14)9(11)12/h1-4,8-9,13-14H,5H2. The van der Waals surface area contributed by atoms with Crippen LogP contribution in [0, 0.1) is 0 Å². The third-order valence-electron chi connectivity index (χ3n) is 1.88. The van der Waals surface area contributed by atoms with E-state index >= 15 is 0 Å². The van der Waals surface area contributed by atoms with Crippen molar-refractivity contribution >= 4 is 21.6 Å². The molecule has 0 heterocycles. The van der Waals surface area contributed by atoms with Gasteiger partial charge in [-0.05, 0) is 18.2 Å². The minimum atomic E-state index is -3.94. The van der Waals surface area contributed by atoms with Gasteiger partial charge in [0, 0.05) is 11.6 Å². The van der Waals surface area contributed by atoms with Gasteiger partial charge in [-0.25, -0.2) is 21.9 Å². The number of halogens is 3. The molecular formula is C9H10ClF2NO3S. The summed E-state index contributed by atoms with van der Waals surface area (Å²) in [7, 11) is -3.94. The van der Waals surface area contributed by atoms with Crippen LogP contribution in [0.5, 0.6) is 0 Å². The molecule has 8 heteroatoms. The lowest BCUT2D eigenvalue weighted by Gasteiger charge is -2.11. The lowest BCUT2D eigenvalue weighted by atomic mass is 10.4. The predicted molar refractivity (Wildman–Crippen MR) is 58.7 cm³/mol. The summed E-state index contributed by atoms with van der Waals surface area (Å²) in [4.78, 5) is -0.147. The van der Waals surface area contributed by atoms with Gasteiger partial charge < -0.3 is 5.11 Å². The Hall–Kier alpha value is -0.760. The first-order valence-electron chi connectivity index (χ1n) is 4.54. The Bertz CT molecular complexity index is 481. The Balaban J connectivity index is 2.76. The summed E-state index contributed by atoms with van der Waals surface area (Å²) in [5.41, 5.74) is 0. The molecule has 1 aromatic rings. The molecule has 17 heavy (non-hydrogen) atoms. The van der Waals surface area contributed by atoms with Crippen LogP contribution in [0.3, 0.4) is 0 Å². The summed E-state index contributed by atoms with van der Waals surface area (Å²) in [6, 6.07) is 5.34. The summed E-state index contributed by atoms with van der Waals surface area (Å²) in [6.07, 6.45) is -5.04. The molecule has 1 aromatic carbocycles. The molecule has 0 aliphatic rings. The van der Waals surface area contributed by atoms with Gasteiger partial charge in [-0.2, -0.15) is 0 Å². The molecule has 1 atom stereocenters. The smallest absolute Gasteiger partial charge is 0.265 e. The fraction of sp³-hybridized carbons (Fsp3) is 0.333. The van der Waals surface area contributed by atoms with E-state index in [0.717, 1.165) is 0 Å². The molecule has 0 aromatic heterocycles. The molecule has 1 unspecified atom stereocenters. The lowest BCUT2D eigenvalue weighted by molar-refractivity contribution is -0.000451. The molecule has 0 aliphatic carbocycles. The first-order valence-corrected chi connectivity index (χ1v) is 6.40. The predicted octanol–water partition coefficient (Wildman–Crippen LogP) is 1.24. The van der Waals surface area contributed by atoms with E-state index in [-0.39, 0.29) is 9.92 Å². The van der Waals surface area contributed by atoms with E-state index in [9.17, 15) is 17.2 Å². The van der Waals surface area contributed by atoms with Crippen LogP contribution in [0.2, 0.25) is 5.02 Å². The van der Waals surface area contributed by atoms with Crippen LogP contribution in [0.15, 0.2) is 29.2 Å². The third-order valence-corrected chi connectivity index (χ3v) is 3.54. The second-order valence-electron chi connectivity index (χ2n) is 3.21. The zero-order valence-electron chi connectivity index (χ0n) is 8.48. The van der Waals surface area contributed by atoms with Crippen molar-refractivity contribution in [3.8, 4) is 0 Å². The highest BCUT2D eigenvalue weighted by molar-refractivity contribution is 7.89.